The van der Waals surface area contributed by atoms with Crippen molar-refractivity contribution in [3.05, 3.63) is 15.6 Å². The highest BCUT2D eigenvalue weighted by atomic mass is 32.1. The van der Waals surface area contributed by atoms with Gasteiger partial charge in [0.05, 0.1) is 17.3 Å². The molecule has 0 amide bonds. The first-order valence-electron chi connectivity index (χ1n) is 6.81. The molecule has 2 aliphatic rings. The van der Waals surface area contributed by atoms with Gasteiger partial charge in [0.2, 0.25) is 0 Å². The fourth-order valence-corrected chi connectivity index (χ4v) is 3.68. The van der Waals surface area contributed by atoms with Crippen molar-refractivity contribution in [1.29, 1.82) is 0 Å². The number of nitrogens with zero attached hydrogens (tertiary/aromatic N) is 1. The summed E-state index contributed by atoms with van der Waals surface area (Å²) in [5, 5.41) is 4.90. The van der Waals surface area contributed by atoms with E-state index in [4.69, 9.17) is 9.72 Å². The maximum absolute atomic E-state index is 5.27. The molecule has 1 atom stereocenters. The lowest BCUT2D eigenvalue weighted by molar-refractivity contribution is 0.181. The third kappa shape index (κ3) is 2.60. The lowest BCUT2D eigenvalue weighted by atomic mass is 10.1. The minimum atomic E-state index is 0.462. The van der Waals surface area contributed by atoms with E-state index in [1.807, 2.05) is 11.3 Å². The van der Waals surface area contributed by atoms with E-state index >= 15 is 0 Å². The molecule has 1 aromatic heterocycles. The Morgan fingerprint density at radius 2 is 2.17 bits per heavy atom. The summed E-state index contributed by atoms with van der Waals surface area (Å²) in [7, 11) is 1.75. The van der Waals surface area contributed by atoms with Crippen LogP contribution in [0.4, 0.5) is 0 Å². The van der Waals surface area contributed by atoms with Gasteiger partial charge >= 0.3 is 0 Å². The molecule has 3 rings (SSSR count). The normalized spacial score (nSPS) is 25.4. The van der Waals surface area contributed by atoms with Gasteiger partial charge in [0.15, 0.2) is 0 Å². The Kier molecular flexibility index (Phi) is 3.20. The Morgan fingerprint density at radius 3 is 2.72 bits per heavy atom. The molecular weight excluding hydrogens is 244 g/mol. The third-order valence-electron chi connectivity index (χ3n) is 4.02. The summed E-state index contributed by atoms with van der Waals surface area (Å²) < 4.78 is 5.27. The Bertz CT molecular complexity index is 437. The Hall–Kier alpha value is -0.450. The molecule has 4 heteroatoms. The standard InChI is InChI=1S/C14H22N2OS/c1-14(2)6-10(14)13-16-11(8-17-3)12(18-13)7-15-9-4-5-9/h9-10,15H,4-8H2,1-3H3. The Morgan fingerprint density at radius 1 is 1.44 bits per heavy atom. The molecule has 0 bridgehead atoms. The van der Waals surface area contributed by atoms with Crippen LogP contribution in [-0.4, -0.2) is 18.1 Å². The van der Waals surface area contributed by atoms with Crippen molar-refractivity contribution in [2.75, 3.05) is 7.11 Å². The zero-order chi connectivity index (χ0) is 12.8. The Labute approximate surface area is 113 Å². The predicted octanol–water partition coefficient (Wildman–Crippen LogP) is 3.06. The molecule has 1 aromatic rings. The molecule has 0 aromatic carbocycles. The third-order valence-corrected chi connectivity index (χ3v) is 5.23. The smallest absolute Gasteiger partial charge is 0.0969 e. The van der Waals surface area contributed by atoms with Crippen LogP contribution in [0.2, 0.25) is 0 Å². The van der Waals surface area contributed by atoms with Gasteiger partial charge in [-0.05, 0) is 24.7 Å². The second kappa shape index (κ2) is 4.58. The molecule has 0 aliphatic heterocycles. The van der Waals surface area contributed by atoms with Crippen LogP contribution in [0.5, 0.6) is 0 Å². The largest absolute Gasteiger partial charge is 0.378 e. The van der Waals surface area contributed by atoms with E-state index in [1.54, 1.807) is 7.11 Å². The molecule has 1 heterocycles. The summed E-state index contributed by atoms with van der Waals surface area (Å²) in [6.45, 7) is 6.27. The van der Waals surface area contributed by atoms with Gasteiger partial charge in [-0.3, -0.25) is 0 Å². The minimum Gasteiger partial charge on any atom is -0.378 e. The van der Waals surface area contributed by atoms with Gasteiger partial charge in [0, 0.05) is 30.5 Å². The SMILES string of the molecule is COCc1nc(C2CC2(C)C)sc1CNC1CC1. The van der Waals surface area contributed by atoms with E-state index in [0.29, 0.717) is 17.9 Å². The first-order chi connectivity index (χ1) is 8.60. The molecular formula is C14H22N2OS. The highest BCUT2D eigenvalue weighted by Crippen LogP contribution is 2.59. The fourth-order valence-electron chi connectivity index (χ4n) is 2.35. The van der Waals surface area contributed by atoms with E-state index < -0.39 is 0 Å². The molecule has 0 radical (unpaired) electrons. The number of methoxy groups -OCH3 is 1. The van der Waals surface area contributed by atoms with E-state index in [9.17, 15) is 0 Å². The summed E-state index contributed by atoms with van der Waals surface area (Å²) in [6.07, 6.45) is 3.95. The van der Waals surface area contributed by atoms with Gasteiger partial charge in [-0.25, -0.2) is 4.98 Å². The molecule has 0 saturated heterocycles. The summed E-state index contributed by atoms with van der Waals surface area (Å²) >= 11 is 1.89. The molecule has 0 spiro atoms. The van der Waals surface area contributed by atoms with Gasteiger partial charge in [-0.15, -0.1) is 11.3 Å². The fraction of sp³-hybridized carbons (Fsp3) is 0.786. The molecule has 1 N–H and O–H groups in total. The number of hydrogen-bond acceptors (Lipinski definition) is 4. The maximum atomic E-state index is 5.27. The minimum absolute atomic E-state index is 0.462. The summed E-state index contributed by atoms with van der Waals surface area (Å²) in [5.41, 5.74) is 1.61. The highest BCUT2D eigenvalue weighted by Gasteiger charge is 2.48. The molecule has 3 nitrogen and oxygen atoms in total. The van der Waals surface area contributed by atoms with E-state index in [2.05, 4.69) is 19.2 Å². The number of aromatic nitrogens is 1. The second-order valence-electron chi connectivity index (χ2n) is 6.26. The van der Waals surface area contributed by atoms with Gasteiger partial charge in [-0.2, -0.15) is 0 Å². The quantitative estimate of drug-likeness (QED) is 0.859. The number of rotatable bonds is 6. The van der Waals surface area contributed by atoms with E-state index in [-0.39, 0.29) is 0 Å². The first-order valence-corrected chi connectivity index (χ1v) is 7.62. The van der Waals surface area contributed by atoms with Crippen LogP contribution in [0.25, 0.3) is 0 Å². The molecule has 18 heavy (non-hydrogen) atoms. The van der Waals surface area contributed by atoms with Crippen molar-refractivity contribution in [3.8, 4) is 0 Å². The summed E-state index contributed by atoms with van der Waals surface area (Å²) in [4.78, 5) is 6.19. The second-order valence-corrected chi connectivity index (χ2v) is 7.37. The van der Waals surface area contributed by atoms with Crippen LogP contribution < -0.4 is 5.32 Å². The predicted molar refractivity (Wildman–Crippen MR) is 73.8 cm³/mol. The van der Waals surface area contributed by atoms with Crippen LogP contribution in [0.1, 0.15) is 54.6 Å². The maximum Gasteiger partial charge on any atom is 0.0969 e. The molecule has 2 aliphatic carbocycles. The van der Waals surface area contributed by atoms with Crippen molar-refractivity contribution in [2.24, 2.45) is 5.41 Å². The van der Waals surface area contributed by atoms with Crippen molar-refractivity contribution in [1.82, 2.24) is 10.3 Å². The number of thiazole rings is 1. The average Bonchev–Trinajstić information content (AvgIpc) is 3.20. The molecule has 2 saturated carbocycles. The lowest BCUT2D eigenvalue weighted by Crippen LogP contribution is -2.15. The topological polar surface area (TPSA) is 34.1 Å². The summed E-state index contributed by atoms with van der Waals surface area (Å²) in [5.74, 6) is 0.674. The first kappa shape index (κ1) is 12.6. The van der Waals surface area contributed by atoms with Gasteiger partial charge in [-0.1, -0.05) is 13.8 Å². The molecule has 1 unspecified atom stereocenters. The van der Waals surface area contributed by atoms with Gasteiger partial charge in [0.1, 0.15) is 0 Å². The molecule has 100 valence electrons. The number of nitrogens with one attached hydrogen (secondary N) is 1. The number of hydrogen-bond donors (Lipinski definition) is 1. The van der Waals surface area contributed by atoms with Crippen LogP contribution in [0, 0.1) is 5.41 Å². The Balaban J connectivity index is 1.72. The average molecular weight is 266 g/mol. The van der Waals surface area contributed by atoms with Crippen molar-refractivity contribution in [2.45, 2.75) is 58.2 Å². The van der Waals surface area contributed by atoms with Gasteiger partial charge in [0.25, 0.3) is 0 Å². The van der Waals surface area contributed by atoms with Crippen LogP contribution in [-0.2, 0) is 17.9 Å². The van der Waals surface area contributed by atoms with Crippen molar-refractivity contribution in [3.63, 3.8) is 0 Å². The van der Waals surface area contributed by atoms with E-state index in [0.717, 1.165) is 18.3 Å². The monoisotopic (exact) mass is 266 g/mol. The molecule has 2 fully saturated rings. The zero-order valence-electron chi connectivity index (χ0n) is 11.5. The van der Waals surface area contributed by atoms with Crippen molar-refractivity contribution < 1.29 is 4.74 Å². The highest BCUT2D eigenvalue weighted by molar-refractivity contribution is 7.11. The van der Waals surface area contributed by atoms with Crippen LogP contribution in [0.3, 0.4) is 0 Å². The van der Waals surface area contributed by atoms with Crippen LogP contribution >= 0.6 is 11.3 Å². The number of ether oxygens (including phenoxy) is 1. The van der Waals surface area contributed by atoms with E-state index in [1.165, 1.54) is 29.1 Å². The lowest BCUT2D eigenvalue weighted by Gasteiger charge is -2.02. The van der Waals surface area contributed by atoms with Gasteiger partial charge < -0.3 is 10.1 Å². The van der Waals surface area contributed by atoms with Crippen molar-refractivity contribution >= 4 is 11.3 Å². The zero-order valence-corrected chi connectivity index (χ0v) is 12.3. The van der Waals surface area contributed by atoms with Crippen LogP contribution in [0.15, 0.2) is 0 Å². The summed E-state index contributed by atoms with van der Waals surface area (Å²) in [6, 6.07) is 0.753.